The predicted molar refractivity (Wildman–Crippen MR) is 82.8 cm³/mol. The lowest BCUT2D eigenvalue weighted by atomic mass is 9.90. The molecule has 21 heavy (non-hydrogen) atoms. The minimum atomic E-state index is -0.174. The second kappa shape index (κ2) is 7.23. The number of ether oxygens (including phenoxy) is 4. The van der Waals surface area contributed by atoms with Crippen LogP contribution in [-0.4, -0.2) is 34.0 Å². The van der Waals surface area contributed by atoms with Gasteiger partial charge in [0.15, 0.2) is 11.5 Å². The van der Waals surface area contributed by atoms with Gasteiger partial charge in [-0.05, 0) is 25.0 Å². The molecule has 1 heterocycles. The second-order valence-corrected chi connectivity index (χ2v) is 5.57. The van der Waals surface area contributed by atoms with Crippen LogP contribution in [0.25, 0.3) is 0 Å². The van der Waals surface area contributed by atoms with E-state index in [2.05, 4.69) is 6.92 Å². The number of benzene rings is 1. The number of hydrogen-bond donors (Lipinski definition) is 0. The number of rotatable bonds is 6. The fourth-order valence-corrected chi connectivity index (χ4v) is 3.45. The summed E-state index contributed by atoms with van der Waals surface area (Å²) in [4.78, 5) is 0. The van der Waals surface area contributed by atoms with Crippen molar-refractivity contribution in [1.82, 2.24) is 0 Å². The van der Waals surface area contributed by atoms with E-state index in [1.807, 2.05) is 12.1 Å². The minimum absolute atomic E-state index is 0.174. The van der Waals surface area contributed by atoms with Crippen LogP contribution in [0.15, 0.2) is 12.1 Å². The average molecular weight is 315 g/mol. The van der Waals surface area contributed by atoms with Crippen molar-refractivity contribution < 1.29 is 18.9 Å². The molecule has 5 heteroatoms. The second-order valence-electron chi connectivity index (χ2n) is 5.10. The van der Waals surface area contributed by atoms with Crippen LogP contribution in [0.5, 0.6) is 17.2 Å². The topological polar surface area (TPSA) is 36.9 Å². The molecule has 1 aromatic carbocycles. The third-order valence-corrected chi connectivity index (χ3v) is 4.63. The zero-order chi connectivity index (χ0) is 15.4. The summed E-state index contributed by atoms with van der Waals surface area (Å²) in [5.41, 5.74) is 0.922. The highest BCUT2D eigenvalue weighted by Crippen LogP contribution is 2.48. The van der Waals surface area contributed by atoms with Gasteiger partial charge in [0.25, 0.3) is 0 Å². The fraction of sp³-hybridized carbons (Fsp3) is 0.625. The van der Waals surface area contributed by atoms with Crippen molar-refractivity contribution in [2.45, 2.75) is 31.2 Å². The SMILES string of the molecule is CCC1OCCC1C(Cl)c1ccc(OC)c(OC)c1OC. The molecule has 0 aliphatic carbocycles. The van der Waals surface area contributed by atoms with Crippen molar-refractivity contribution in [2.24, 2.45) is 5.92 Å². The first-order valence-corrected chi connectivity index (χ1v) is 7.66. The van der Waals surface area contributed by atoms with Gasteiger partial charge in [-0.2, -0.15) is 0 Å². The summed E-state index contributed by atoms with van der Waals surface area (Å²) in [6.07, 6.45) is 2.12. The Labute approximate surface area is 131 Å². The summed E-state index contributed by atoms with van der Waals surface area (Å²) >= 11 is 6.74. The summed E-state index contributed by atoms with van der Waals surface area (Å²) in [6, 6.07) is 3.81. The molecule has 2 rings (SSSR count). The highest BCUT2D eigenvalue weighted by molar-refractivity contribution is 6.21. The van der Waals surface area contributed by atoms with Gasteiger partial charge in [-0.15, -0.1) is 11.6 Å². The molecular formula is C16H23ClO4. The maximum absolute atomic E-state index is 6.74. The maximum atomic E-state index is 6.74. The summed E-state index contributed by atoms with van der Waals surface area (Å²) in [5.74, 6) is 2.13. The quantitative estimate of drug-likeness (QED) is 0.748. The van der Waals surface area contributed by atoms with Crippen LogP contribution in [-0.2, 0) is 4.74 Å². The van der Waals surface area contributed by atoms with Gasteiger partial charge in [0, 0.05) is 18.1 Å². The van der Waals surface area contributed by atoms with Crippen LogP contribution in [0.2, 0.25) is 0 Å². The van der Waals surface area contributed by atoms with Crippen LogP contribution in [0, 0.1) is 5.92 Å². The van der Waals surface area contributed by atoms with E-state index in [4.69, 9.17) is 30.5 Å². The molecule has 1 saturated heterocycles. The van der Waals surface area contributed by atoms with Crippen molar-refractivity contribution in [2.75, 3.05) is 27.9 Å². The van der Waals surface area contributed by atoms with Gasteiger partial charge in [-0.3, -0.25) is 0 Å². The summed E-state index contributed by atoms with van der Waals surface area (Å²) in [6.45, 7) is 2.89. The first kappa shape index (κ1) is 16.2. The molecule has 1 aliphatic heterocycles. The molecule has 0 saturated carbocycles. The Kier molecular flexibility index (Phi) is 5.59. The van der Waals surface area contributed by atoms with Crippen molar-refractivity contribution in [3.63, 3.8) is 0 Å². The third-order valence-electron chi connectivity index (χ3n) is 4.07. The molecule has 1 aliphatic rings. The Morgan fingerprint density at radius 3 is 2.48 bits per heavy atom. The van der Waals surface area contributed by atoms with Gasteiger partial charge in [-0.25, -0.2) is 0 Å². The monoisotopic (exact) mass is 314 g/mol. The molecule has 4 nitrogen and oxygen atoms in total. The molecule has 3 unspecified atom stereocenters. The van der Waals surface area contributed by atoms with E-state index >= 15 is 0 Å². The van der Waals surface area contributed by atoms with E-state index in [-0.39, 0.29) is 17.4 Å². The molecule has 0 N–H and O–H groups in total. The smallest absolute Gasteiger partial charge is 0.203 e. The van der Waals surface area contributed by atoms with Gasteiger partial charge >= 0.3 is 0 Å². The Balaban J connectivity index is 2.38. The van der Waals surface area contributed by atoms with Crippen LogP contribution in [0.4, 0.5) is 0 Å². The van der Waals surface area contributed by atoms with E-state index in [1.54, 1.807) is 21.3 Å². The molecule has 0 bridgehead atoms. The Morgan fingerprint density at radius 2 is 1.90 bits per heavy atom. The highest BCUT2D eigenvalue weighted by Gasteiger charge is 2.35. The maximum Gasteiger partial charge on any atom is 0.203 e. The molecule has 0 spiro atoms. The lowest BCUT2D eigenvalue weighted by Crippen LogP contribution is -2.19. The van der Waals surface area contributed by atoms with Gasteiger partial charge in [0.2, 0.25) is 5.75 Å². The molecule has 118 valence electrons. The van der Waals surface area contributed by atoms with Crippen LogP contribution in [0.3, 0.4) is 0 Å². The minimum Gasteiger partial charge on any atom is -0.493 e. The average Bonchev–Trinajstić information content (AvgIpc) is 3.00. The van der Waals surface area contributed by atoms with Gasteiger partial charge in [0.1, 0.15) is 0 Å². The van der Waals surface area contributed by atoms with Crippen molar-refractivity contribution in [3.8, 4) is 17.2 Å². The number of hydrogen-bond acceptors (Lipinski definition) is 4. The van der Waals surface area contributed by atoms with E-state index in [9.17, 15) is 0 Å². The van der Waals surface area contributed by atoms with Gasteiger partial charge < -0.3 is 18.9 Å². The largest absolute Gasteiger partial charge is 0.493 e. The summed E-state index contributed by atoms with van der Waals surface area (Å²) in [7, 11) is 4.82. The van der Waals surface area contributed by atoms with E-state index in [0.29, 0.717) is 17.2 Å². The first-order valence-electron chi connectivity index (χ1n) is 7.22. The van der Waals surface area contributed by atoms with Gasteiger partial charge in [0.05, 0.1) is 32.8 Å². The summed E-state index contributed by atoms with van der Waals surface area (Å²) in [5, 5.41) is -0.174. The van der Waals surface area contributed by atoms with Crippen LogP contribution >= 0.6 is 11.6 Å². The van der Waals surface area contributed by atoms with E-state index in [1.165, 1.54) is 0 Å². The fourth-order valence-electron chi connectivity index (χ4n) is 2.99. The van der Waals surface area contributed by atoms with Crippen molar-refractivity contribution in [3.05, 3.63) is 17.7 Å². The Morgan fingerprint density at radius 1 is 1.19 bits per heavy atom. The lowest BCUT2D eigenvalue weighted by molar-refractivity contribution is 0.0863. The number of halogens is 1. The van der Waals surface area contributed by atoms with Gasteiger partial charge in [-0.1, -0.05) is 6.92 Å². The van der Waals surface area contributed by atoms with Crippen LogP contribution < -0.4 is 14.2 Å². The zero-order valence-electron chi connectivity index (χ0n) is 13.0. The Hall–Kier alpha value is -1.13. The van der Waals surface area contributed by atoms with Crippen molar-refractivity contribution >= 4 is 11.6 Å². The third kappa shape index (κ3) is 3.06. The number of alkyl halides is 1. The standard InChI is InChI=1S/C16H23ClO4/c1-5-12-10(8-9-21-12)14(17)11-6-7-13(18-2)16(20-4)15(11)19-3/h6-7,10,12,14H,5,8-9H2,1-4H3. The van der Waals surface area contributed by atoms with E-state index in [0.717, 1.165) is 25.0 Å². The molecule has 0 amide bonds. The summed E-state index contributed by atoms with van der Waals surface area (Å²) < 4.78 is 22.0. The highest BCUT2D eigenvalue weighted by atomic mass is 35.5. The molecule has 1 fully saturated rings. The van der Waals surface area contributed by atoms with Crippen molar-refractivity contribution in [1.29, 1.82) is 0 Å². The lowest BCUT2D eigenvalue weighted by Gasteiger charge is -2.25. The molecule has 0 aromatic heterocycles. The molecular weight excluding hydrogens is 292 g/mol. The molecule has 0 radical (unpaired) electrons. The molecule has 3 atom stereocenters. The van der Waals surface area contributed by atoms with Crippen LogP contribution in [0.1, 0.15) is 30.7 Å². The zero-order valence-corrected chi connectivity index (χ0v) is 13.8. The predicted octanol–water partition coefficient (Wildman–Crippen LogP) is 3.81. The first-order chi connectivity index (χ1) is 10.2. The van der Waals surface area contributed by atoms with E-state index < -0.39 is 0 Å². The normalized spacial score (nSPS) is 22.9. The molecule has 1 aromatic rings. The number of methoxy groups -OCH3 is 3. The Bertz CT molecular complexity index is 478.